The second-order valence-electron chi connectivity index (χ2n) is 2.62. The summed E-state index contributed by atoms with van der Waals surface area (Å²) >= 11 is -3.95. The smallest absolute Gasteiger partial charge is 0.548 e. The van der Waals surface area contributed by atoms with Crippen LogP contribution in [-0.2, 0) is 28.2 Å². The average Bonchev–Trinajstić information content (AvgIpc) is 2.46. The number of hydrogen-bond acceptors (Lipinski definition) is 12. The molecular formula is C8H12CsO12Sb. The Morgan fingerprint density at radius 3 is 1.09 bits per heavy atom. The number of carboxylic acids is 1. The first-order valence-electron chi connectivity index (χ1n) is 4.86. The molecule has 0 aromatic heterocycles. The van der Waals surface area contributed by atoms with Crippen LogP contribution in [-0.4, -0.2) is 92.2 Å². The molecule has 0 unspecified atom stereocenters. The maximum atomic E-state index is 10.6. The van der Waals surface area contributed by atoms with Crippen molar-refractivity contribution < 1.29 is 123 Å². The molecule has 4 N–H and O–H groups in total. The van der Waals surface area contributed by atoms with Crippen molar-refractivity contribution in [2.45, 2.75) is 0 Å². The van der Waals surface area contributed by atoms with Gasteiger partial charge in [0, 0.05) is 0 Å². The predicted molar refractivity (Wildman–Crippen MR) is 57.4 cm³/mol. The molecule has 0 aromatic carbocycles. The van der Waals surface area contributed by atoms with Gasteiger partial charge in [-0.3, -0.25) is 0 Å². The van der Waals surface area contributed by atoms with Crippen LogP contribution in [0.2, 0.25) is 0 Å². The molecule has 0 amide bonds. The summed E-state index contributed by atoms with van der Waals surface area (Å²) in [6, 6.07) is 0. The van der Waals surface area contributed by atoms with Gasteiger partial charge in [0.2, 0.25) is 0 Å². The molecule has 0 atom stereocenters. The quantitative estimate of drug-likeness (QED) is 0.217. The number of rotatable bonds is 7. The normalized spacial score (nSPS) is 8.77. The molecular weight excluding hydrogens is 543 g/mol. The third-order valence-corrected chi connectivity index (χ3v) is 4.07. The molecule has 0 heterocycles. The first-order chi connectivity index (χ1) is 9.80. The number of aliphatic hydroxyl groups is 4. The summed E-state index contributed by atoms with van der Waals surface area (Å²) in [5.41, 5.74) is 0. The number of aliphatic hydroxyl groups excluding tert-OH is 4. The molecule has 12 nitrogen and oxygen atoms in total. The maximum absolute atomic E-state index is 10.6. The summed E-state index contributed by atoms with van der Waals surface area (Å²) in [5.74, 6) is -4.86. The predicted octanol–water partition coefficient (Wildman–Crippen LogP) is -8.69. The van der Waals surface area contributed by atoms with E-state index in [-0.39, 0.29) is 68.9 Å². The Kier molecular flexibility index (Phi) is 22.4. The minimum Gasteiger partial charge on any atom is -0.548 e. The van der Waals surface area contributed by atoms with E-state index in [4.69, 9.17) is 30.3 Å². The molecule has 0 fully saturated rings. The van der Waals surface area contributed by atoms with E-state index < -0.39 is 71.8 Å². The van der Waals surface area contributed by atoms with Gasteiger partial charge in [-0.05, 0) is 0 Å². The standard InChI is InChI=1S/4C2H4O3.Cs.Sb/c4*3-1-2(4)5;;/h4*3H,1H2,(H,4,5);;/q;;;;+1;+3/p-4. The zero-order valence-corrected chi connectivity index (χ0v) is 20.2. The van der Waals surface area contributed by atoms with E-state index in [0.717, 1.165) is 0 Å². The molecule has 22 heavy (non-hydrogen) atoms. The molecule has 0 aliphatic carbocycles. The van der Waals surface area contributed by atoms with E-state index in [1.807, 2.05) is 0 Å². The zero-order valence-electron chi connectivity index (χ0n) is 11.3. The van der Waals surface area contributed by atoms with Gasteiger partial charge in [-0.25, -0.2) is 0 Å². The van der Waals surface area contributed by atoms with Gasteiger partial charge in [0.25, 0.3) is 0 Å². The fraction of sp³-hybridized carbons (Fsp3) is 0.500. The number of carbonyl (C=O) groups excluding carboxylic acids is 4. The van der Waals surface area contributed by atoms with E-state index in [1.54, 1.807) is 0 Å². The van der Waals surface area contributed by atoms with Crippen LogP contribution in [0, 0.1) is 0 Å². The molecule has 0 radical (unpaired) electrons. The Labute approximate surface area is 191 Å². The fourth-order valence-electron chi connectivity index (χ4n) is 0.392. The van der Waals surface area contributed by atoms with Crippen LogP contribution in [0.5, 0.6) is 0 Å². The molecule has 0 rings (SSSR count). The van der Waals surface area contributed by atoms with Crippen molar-refractivity contribution in [3.8, 4) is 0 Å². The van der Waals surface area contributed by atoms with Crippen molar-refractivity contribution in [3.05, 3.63) is 0 Å². The number of aliphatic carboxylic acids is 1. The summed E-state index contributed by atoms with van der Waals surface area (Å²) in [6.07, 6.45) is 0. The Bertz CT molecular complexity index is 318. The van der Waals surface area contributed by atoms with Gasteiger partial charge < -0.3 is 15.0 Å². The van der Waals surface area contributed by atoms with E-state index in [9.17, 15) is 14.4 Å². The van der Waals surface area contributed by atoms with Gasteiger partial charge in [-0.1, -0.05) is 0 Å². The molecule has 0 saturated heterocycles. The minimum absolute atomic E-state index is 0. The SMILES string of the molecule is O=C(CO)[O][Sb]([O]C(=O)CO)[O]C(=O)CO.O=C([O-])CO.[Cs+]. The molecule has 14 heteroatoms. The topological polar surface area (TPSA) is 200 Å². The zero-order chi connectivity index (χ0) is 16.8. The molecule has 0 spiro atoms. The molecule has 0 aromatic rings. The average molecular weight is 555 g/mol. The van der Waals surface area contributed by atoms with Gasteiger partial charge >= 0.3 is 167 Å². The largest absolute Gasteiger partial charge is 1.00 e. The Morgan fingerprint density at radius 1 is 0.727 bits per heavy atom. The van der Waals surface area contributed by atoms with Crippen LogP contribution in [0.25, 0.3) is 0 Å². The molecule has 0 bridgehead atoms. The van der Waals surface area contributed by atoms with Gasteiger partial charge in [-0.15, -0.1) is 0 Å². The van der Waals surface area contributed by atoms with Gasteiger partial charge in [0.05, 0.1) is 12.6 Å². The Hall–Kier alpha value is 0.590. The molecule has 0 saturated carbocycles. The minimum atomic E-state index is -3.95. The Balaban J connectivity index is -0.000000520. The monoisotopic (exact) mass is 554 g/mol. The summed E-state index contributed by atoms with van der Waals surface area (Å²) in [5, 5.41) is 41.5. The van der Waals surface area contributed by atoms with Crippen LogP contribution >= 0.6 is 0 Å². The Morgan fingerprint density at radius 2 is 0.955 bits per heavy atom. The maximum Gasteiger partial charge on any atom is 1.00 e. The van der Waals surface area contributed by atoms with Crippen molar-refractivity contribution in [2.24, 2.45) is 0 Å². The summed E-state index contributed by atoms with van der Waals surface area (Å²) < 4.78 is 13.0. The summed E-state index contributed by atoms with van der Waals surface area (Å²) in [7, 11) is 0. The van der Waals surface area contributed by atoms with Crippen LogP contribution in [0.15, 0.2) is 0 Å². The fourth-order valence-corrected chi connectivity index (χ4v) is 2.63. The van der Waals surface area contributed by atoms with Crippen molar-refractivity contribution >= 4 is 45.3 Å². The van der Waals surface area contributed by atoms with E-state index in [2.05, 4.69) is 9.05 Å². The number of carbonyl (C=O) groups is 4. The van der Waals surface area contributed by atoms with Crippen molar-refractivity contribution in [1.82, 2.24) is 0 Å². The molecule has 0 aliphatic heterocycles. The second kappa shape index (κ2) is 17.9. The van der Waals surface area contributed by atoms with E-state index in [0.29, 0.717) is 0 Å². The van der Waals surface area contributed by atoms with Crippen LogP contribution in [0.1, 0.15) is 0 Å². The molecule has 122 valence electrons. The summed E-state index contributed by atoms with van der Waals surface area (Å²) in [4.78, 5) is 40.9. The van der Waals surface area contributed by atoms with E-state index >= 15 is 0 Å². The first-order valence-corrected chi connectivity index (χ1v) is 7.99. The van der Waals surface area contributed by atoms with Gasteiger partial charge in [0.1, 0.15) is 0 Å². The van der Waals surface area contributed by atoms with Gasteiger partial charge in [-0.2, -0.15) is 0 Å². The number of carboxylic acid groups (broad SMARTS) is 1. The van der Waals surface area contributed by atoms with E-state index in [1.165, 1.54) is 0 Å². The second-order valence-corrected chi connectivity index (χ2v) is 5.46. The number of hydrogen-bond donors (Lipinski definition) is 4. The molecule has 0 aliphatic rings. The van der Waals surface area contributed by atoms with Crippen LogP contribution in [0.4, 0.5) is 0 Å². The van der Waals surface area contributed by atoms with Crippen LogP contribution < -0.4 is 74.0 Å². The third-order valence-electron chi connectivity index (χ3n) is 1.05. The van der Waals surface area contributed by atoms with Crippen molar-refractivity contribution in [3.63, 3.8) is 0 Å². The van der Waals surface area contributed by atoms with Crippen LogP contribution in [0.3, 0.4) is 0 Å². The summed E-state index contributed by atoms with van der Waals surface area (Å²) in [6.45, 7) is -3.82. The van der Waals surface area contributed by atoms with Crippen molar-refractivity contribution in [2.75, 3.05) is 26.4 Å². The van der Waals surface area contributed by atoms with Crippen molar-refractivity contribution in [1.29, 1.82) is 0 Å². The third kappa shape index (κ3) is 18.6. The van der Waals surface area contributed by atoms with Gasteiger partial charge in [0.15, 0.2) is 0 Å². The first kappa shape index (κ1) is 27.4.